The number of carbonyl (C=O) groups is 1. The topological polar surface area (TPSA) is 72.8 Å². The van der Waals surface area contributed by atoms with Gasteiger partial charge in [-0.1, -0.05) is 0 Å². The van der Waals surface area contributed by atoms with Gasteiger partial charge in [0.05, 0.1) is 25.1 Å². The van der Waals surface area contributed by atoms with E-state index >= 15 is 0 Å². The zero-order chi connectivity index (χ0) is 12.4. The third-order valence-corrected chi connectivity index (χ3v) is 4.79. The van der Waals surface area contributed by atoms with Crippen LogP contribution in [-0.2, 0) is 18.4 Å². The molecular formula is C9H19O5PS. The van der Waals surface area contributed by atoms with Gasteiger partial charge in [0.1, 0.15) is 0 Å². The molecule has 0 saturated carbocycles. The molecule has 0 rings (SSSR count). The zero-order valence-electron chi connectivity index (χ0n) is 9.68. The molecule has 16 heavy (non-hydrogen) atoms. The average molecular weight is 270 g/mol. The number of hydrogen-bond donors (Lipinski definition) is 1. The van der Waals surface area contributed by atoms with E-state index in [1.54, 1.807) is 13.8 Å². The van der Waals surface area contributed by atoms with Crippen LogP contribution in [0.2, 0.25) is 0 Å². The van der Waals surface area contributed by atoms with Gasteiger partial charge in [0, 0.05) is 0 Å². The van der Waals surface area contributed by atoms with Gasteiger partial charge in [0.15, 0.2) is 0 Å². The second-order valence-electron chi connectivity index (χ2n) is 2.97. The fourth-order valence-electron chi connectivity index (χ4n) is 1.08. The SMILES string of the molecule is CCOP(=O)(CCCSCC(=O)O)OCC. The van der Waals surface area contributed by atoms with Crippen molar-refractivity contribution in [1.82, 2.24) is 0 Å². The highest BCUT2D eigenvalue weighted by Crippen LogP contribution is 2.48. The molecule has 0 saturated heterocycles. The summed E-state index contributed by atoms with van der Waals surface area (Å²) in [7, 11) is -2.94. The Kier molecular flexibility index (Phi) is 9.03. The van der Waals surface area contributed by atoms with E-state index in [0.29, 0.717) is 31.5 Å². The quantitative estimate of drug-likeness (QED) is 0.485. The number of hydrogen-bond acceptors (Lipinski definition) is 5. The number of rotatable bonds is 10. The first kappa shape index (κ1) is 16.0. The van der Waals surface area contributed by atoms with Crippen molar-refractivity contribution in [3.8, 4) is 0 Å². The third-order valence-electron chi connectivity index (χ3n) is 1.60. The lowest BCUT2D eigenvalue weighted by Crippen LogP contribution is -2.03. The Hall–Kier alpha value is -0.0300. The summed E-state index contributed by atoms with van der Waals surface area (Å²) in [6.45, 7) is 4.26. The third kappa shape index (κ3) is 8.16. The van der Waals surface area contributed by atoms with Crippen LogP contribution in [0, 0.1) is 0 Å². The van der Waals surface area contributed by atoms with Gasteiger partial charge in [0.25, 0.3) is 0 Å². The molecule has 0 aliphatic carbocycles. The molecule has 0 amide bonds. The molecule has 0 fully saturated rings. The lowest BCUT2D eigenvalue weighted by molar-refractivity contribution is -0.133. The summed E-state index contributed by atoms with van der Waals surface area (Å²) < 4.78 is 22.2. The lowest BCUT2D eigenvalue weighted by Gasteiger charge is -2.16. The minimum Gasteiger partial charge on any atom is -0.481 e. The van der Waals surface area contributed by atoms with Crippen molar-refractivity contribution in [2.75, 3.05) is 30.9 Å². The summed E-state index contributed by atoms with van der Waals surface area (Å²) in [6.07, 6.45) is 0.983. The van der Waals surface area contributed by atoms with Crippen molar-refractivity contribution in [1.29, 1.82) is 0 Å². The number of carboxylic acid groups (broad SMARTS) is 1. The van der Waals surface area contributed by atoms with Gasteiger partial charge in [-0.2, -0.15) is 11.8 Å². The molecule has 0 atom stereocenters. The molecule has 0 aromatic rings. The van der Waals surface area contributed by atoms with Crippen molar-refractivity contribution in [2.24, 2.45) is 0 Å². The normalized spacial score (nSPS) is 11.6. The molecule has 96 valence electrons. The molecule has 0 unspecified atom stereocenters. The van der Waals surface area contributed by atoms with Crippen LogP contribution in [0.15, 0.2) is 0 Å². The Morgan fingerprint density at radius 3 is 2.31 bits per heavy atom. The molecule has 0 radical (unpaired) electrons. The van der Waals surface area contributed by atoms with Gasteiger partial charge < -0.3 is 14.2 Å². The van der Waals surface area contributed by atoms with Gasteiger partial charge in [-0.25, -0.2) is 0 Å². The number of thioether (sulfide) groups is 1. The van der Waals surface area contributed by atoms with E-state index in [9.17, 15) is 9.36 Å². The van der Waals surface area contributed by atoms with Crippen molar-refractivity contribution in [3.63, 3.8) is 0 Å². The van der Waals surface area contributed by atoms with Gasteiger partial charge in [-0.05, 0) is 26.0 Å². The fraction of sp³-hybridized carbons (Fsp3) is 0.889. The van der Waals surface area contributed by atoms with Gasteiger partial charge in [-0.15, -0.1) is 0 Å². The standard InChI is InChI=1S/C9H19O5PS/c1-3-13-15(12,14-4-2)6-5-7-16-8-9(10)11/h3-8H2,1-2H3,(H,10,11). The van der Waals surface area contributed by atoms with E-state index in [0.717, 1.165) is 0 Å². The molecule has 5 nitrogen and oxygen atoms in total. The first-order valence-electron chi connectivity index (χ1n) is 5.21. The van der Waals surface area contributed by atoms with E-state index in [4.69, 9.17) is 14.2 Å². The largest absolute Gasteiger partial charge is 0.481 e. The van der Waals surface area contributed by atoms with Gasteiger partial charge in [0.2, 0.25) is 0 Å². The highest BCUT2D eigenvalue weighted by atomic mass is 32.2. The van der Waals surface area contributed by atoms with Crippen LogP contribution < -0.4 is 0 Å². The van der Waals surface area contributed by atoms with E-state index in [2.05, 4.69) is 0 Å². The smallest absolute Gasteiger partial charge is 0.330 e. The molecule has 7 heteroatoms. The van der Waals surface area contributed by atoms with Crippen LogP contribution in [0.5, 0.6) is 0 Å². The fourth-order valence-corrected chi connectivity index (χ4v) is 3.63. The highest BCUT2D eigenvalue weighted by Gasteiger charge is 2.22. The van der Waals surface area contributed by atoms with Crippen molar-refractivity contribution < 1.29 is 23.5 Å². The first-order valence-corrected chi connectivity index (χ1v) is 8.10. The van der Waals surface area contributed by atoms with E-state index in [-0.39, 0.29) is 5.75 Å². The maximum Gasteiger partial charge on any atom is 0.330 e. The number of carboxylic acids is 1. The minimum absolute atomic E-state index is 0.0770. The second kappa shape index (κ2) is 9.05. The van der Waals surface area contributed by atoms with Crippen molar-refractivity contribution >= 4 is 25.3 Å². The summed E-state index contributed by atoms with van der Waals surface area (Å²) >= 11 is 1.31. The van der Waals surface area contributed by atoms with Crippen LogP contribution in [0.3, 0.4) is 0 Å². The lowest BCUT2D eigenvalue weighted by atomic mass is 10.6. The Balaban J connectivity index is 3.76. The van der Waals surface area contributed by atoms with Crippen molar-refractivity contribution in [2.45, 2.75) is 20.3 Å². The predicted octanol–water partition coefficient (Wildman–Crippen LogP) is 2.46. The van der Waals surface area contributed by atoms with Crippen LogP contribution in [-0.4, -0.2) is 42.0 Å². The van der Waals surface area contributed by atoms with Crippen LogP contribution in [0.25, 0.3) is 0 Å². The Bertz CT molecular complexity index is 236. The molecule has 0 aromatic heterocycles. The molecule has 0 aliphatic heterocycles. The second-order valence-corrected chi connectivity index (χ2v) is 6.26. The van der Waals surface area contributed by atoms with Gasteiger partial charge in [-0.3, -0.25) is 9.36 Å². The molecular weight excluding hydrogens is 251 g/mol. The average Bonchev–Trinajstić information content (AvgIpc) is 2.17. The van der Waals surface area contributed by atoms with Crippen molar-refractivity contribution in [3.05, 3.63) is 0 Å². The Morgan fingerprint density at radius 1 is 1.31 bits per heavy atom. The molecule has 0 aromatic carbocycles. The number of aliphatic carboxylic acids is 1. The highest BCUT2D eigenvalue weighted by molar-refractivity contribution is 7.99. The van der Waals surface area contributed by atoms with E-state index < -0.39 is 13.6 Å². The van der Waals surface area contributed by atoms with Gasteiger partial charge >= 0.3 is 13.6 Å². The monoisotopic (exact) mass is 270 g/mol. The summed E-state index contributed by atoms with van der Waals surface area (Å²) in [5.41, 5.74) is 0. The summed E-state index contributed by atoms with van der Waals surface area (Å²) in [6, 6.07) is 0. The van der Waals surface area contributed by atoms with E-state index in [1.807, 2.05) is 0 Å². The van der Waals surface area contributed by atoms with E-state index in [1.165, 1.54) is 11.8 Å². The summed E-state index contributed by atoms with van der Waals surface area (Å²) in [5.74, 6) is -0.105. The van der Waals surface area contributed by atoms with Crippen LogP contribution in [0.4, 0.5) is 0 Å². The Morgan fingerprint density at radius 2 is 1.88 bits per heavy atom. The summed E-state index contributed by atoms with van der Waals surface area (Å²) in [4.78, 5) is 10.2. The maximum absolute atomic E-state index is 11.9. The van der Waals surface area contributed by atoms with Crippen LogP contribution in [0.1, 0.15) is 20.3 Å². The molecule has 0 aliphatic rings. The minimum atomic E-state index is -2.94. The predicted molar refractivity (Wildman–Crippen MR) is 65.3 cm³/mol. The molecule has 1 N–H and O–H groups in total. The Labute approximate surface area is 100 Å². The van der Waals surface area contributed by atoms with Crippen LogP contribution >= 0.6 is 19.4 Å². The first-order chi connectivity index (χ1) is 7.54. The maximum atomic E-state index is 11.9. The zero-order valence-corrected chi connectivity index (χ0v) is 11.4. The molecule has 0 heterocycles. The summed E-state index contributed by atoms with van der Waals surface area (Å²) in [5, 5.41) is 8.42. The molecule has 0 bridgehead atoms. The molecule has 0 spiro atoms.